The predicted octanol–water partition coefficient (Wildman–Crippen LogP) is 1.76. The molecule has 0 saturated heterocycles. The van der Waals surface area contributed by atoms with Crippen molar-refractivity contribution in [1.29, 1.82) is 0 Å². The smallest absolute Gasteiger partial charge is 0.410 e. The number of rotatable bonds is 4. The van der Waals surface area contributed by atoms with E-state index in [-0.39, 0.29) is 0 Å². The standard InChI is InChI=1S/C10H13BrN2O2/c1-12-5-6-13-10(14)15-9-4-2-3-8(11)7-9/h2-4,7,12H,5-6H2,1H3,(H,13,14). The van der Waals surface area contributed by atoms with Gasteiger partial charge in [-0.2, -0.15) is 0 Å². The molecular weight excluding hydrogens is 260 g/mol. The summed E-state index contributed by atoms with van der Waals surface area (Å²) in [5.41, 5.74) is 0. The Morgan fingerprint density at radius 2 is 2.27 bits per heavy atom. The van der Waals surface area contributed by atoms with Crippen molar-refractivity contribution in [2.75, 3.05) is 20.1 Å². The molecule has 4 nitrogen and oxygen atoms in total. The van der Waals surface area contributed by atoms with Gasteiger partial charge in [0, 0.05) is 17.6 Å². The van der Waals surface area contributed by atoms with E-state index in [4.69, 9.17) is 4.74 Å². The maximum atomic E-state index is 11.2. The van der Waals surface area contributed by atoms with Crippen molar-refractivity contribution < 1.29 is 9.53 Å². The van der Waals surface area contributed by atoms with Gasteiger partial charge >= 0.3 is 6.09 Å². The van der Waals surface area contributed by atoms with Crippen molar-refractivity contribution in [2.24, 2.45) is 0 Å². The summed E-state index contributed by atoms with van der Waals surface area (Å²) in [6.07, 6.45) is -0.441. The lowest BCUT2D eigenvalue weighted by atomic mass is 10.3. The summed E-state index contributed by atoms with van der Waals surface area (Å²) in [7, 11) is 1.82. The number of hydrogen-bond donors (Lipinski definition) is 2. The molecule has 0 atom stereocenters. The summed E-state index contributed by atoms with van der Waals surface area (Å²) in [6.45, 7) is 1.26. The van der Waals surface area contributed by atoms with Crippen LogP contribution in [-0.2, 0) is 0 Å². The monoisotopic (exact) mass is 272 g/mol. The minimum atomic E-state index is -0.441. The van der Waals surface area contributed by atoms with Gasteiger partial charge in [-0.1, -0.05) is 22.0 Å². The minimum absolute atomic E-state index is 0.441. The number of benzene rings is 1. The van der Waals surface area contributed by atoms with Crippen molar-refractivity contribution in [3.63, 3.8) is 0 Å². The SMILES string of the molecule is CNCCNC(=O)Oc1cccc(Br)c1. The van der Waals surface area contributed by atoms with Crippen LogP contribution in [-0.4, -0.2) is 26.2 Å². The fourth-order valence-corrected chi connectivity index (χ4v) is 1.34. The summed E-state index contributed by atoms with van der Waals surface area (Å²) >= 11 is 3.29. The Morgan fingerprint density at radius 3 is 2.93 bits per heavy atom. The molecule has 2 N–H and O–H groups in total. The van der Waals surface area contributed by atoms with E-state index < -0.39 is 6.09 Å². The number of hydrogen-bond acceptors (Lipinski definition) is 3. The van der Waals surface area contributed by atoms with Gasteiger partial charge in [0.2, 0.25) is 0 Å². The van der Waals surface area contributed by atoms with Gasteiger partial charge < -0.3 is 15.4 Å². The number of amides is 1. The van der Waals surface area contributed by atoms with Crippen LogP contribution in [0.25, 0.3) is 0 Å². The van der Waals surface area contributed by atoms with Crippen LogP contribution in [0.5, 0.6) is 5.75 Å². The second-order valence-corrected chi connectivity index (χ2v) is 3.79. The average Bonchev–Trinajstić information content (AvgIpc) is 2.18. The molecule has 0 bridgehead atoms. The number of carbonyl (C=O) groups is 1. The van der Waals surface area contributed by atoms with E-state index >= 15 is 0 Å². The van der Waals surface area contributed by atoms with Crippen molar-refractivity contribution in [3.05, 3.63) is 28.7 Å². The molecule has 0 aliphatic carbocycles. The molecule has 0 radical (unpaired) electrons. The topological polar surface area (TPSA) is 50.4 Å². The number of nitrogens with one attached hydrogen (secondary N) is 2. The first-order chi connectivity index (χ1) is 7.22. The van der Waals surface area contributed by atoms with E-state index in [0.29, 0.717) is 18.8 Å². The van der Waals surface area contributed by atoms with E-state index in [2.05, 4.69) is 26.6 Å². The van der Waals surface area contributed by atoms with Crippen LogP contribution in [0.2, 0.25) is 0 Å². The molecular formula is C10H13BrN2O2. The molecule has 1 aromatic carbocycles. The van der Waals surface area contributed by atoms with Crippen LogP contribution in [0.4, 0.5) is 4.79 Å². The molecule has 5 heteroatoms. The zero-order valence-electron chi connectivity index (χ0n) is 8.42. The predicted molar refractivity (Wildman–Crippen MR) is 62.1 cm³/mol. The summed E-state index contributed by atoms with van der Waals surface area (Å²) in [5, 5.41) is 5.53. The summed E-state index contributed by atoms with van der Waals surface area (Å²) < 4.78 is 5.91. The first-order valence-corrected chi connectivity index (χ1v) is 5.37. The maximum absolute atomic E-state index is 11.2. The van der Waals surface area contributed by atoms with Gasteiger partial charge in [0.05, 0.1) is 0 Å². The Balaban J connectivity index is 2.37. The quantitative estimate of drug-likeness (QED) is 0.822. The lowest BCUT2D eigenvalue weighted by Gasteiger charge is -2.06. The molecule has 0 saturated carbocycles. The highest BCUT2D eigenvalue weighted by molar-refractivity contribution is 9.10. The first kappa shape index (κ1) is 12.0. The van der Waals surface area contributed by atoms with E-state index in [1.807, 2.05) is 13.1 Å². The van der Waals surface area contributed by atoms with Gasteiger partial charge in [-0.25, -0.2) is 4.79 Å². The highest BCUT2D eigenvalue weighted by Crippen LogP contribution is 2.17. The Kier molecular flexibility index (Phi) is 5.14. The van der Waals surface area contributed by atoms with Crippen molar-refractivity contribution in [3.8, 4) is 5.75 Å². The molecule has 1 amide bonds. The second kappa shape index (κ2) is 6.42. The van der Waals surface area contributed by atoms with Crippen LogP contribution in [0.1, 0.15) is 0 Å². The molecule has 0 fully saturated rings. The Morgan fingerprint density at radius 1 is 1.47 bits per heavy atom. The molecule has 0 spiro atoms. The number of halogens is 1. The fourth-order valence-electron chi connectivity index (χ4n) is 0.963. The lowest BCUT2D eigenvalue weighted by molar-refractivity contribution is 0.200. The van der Waals surface area contributed by atoms with Crippen LogP contribution >= 0.6 is 15.9 Å². The normalized spacial score (nSPS) is 9.73. The van der Waals surface area contributed by atoms with Crippen LogP contribution in [0.15, 0.2) is 28.7 Å². The summed E-state index contributed by atoms with van der Waals surface area (Å²) in [6, 6.07) is 7.13. The van der Waals surface area contributed by atoms with Crippen LogP contribution in [0.3, 0.4) is 0 Å². The van der Waals surface area contributed by atoms with Crippen LogP contribution in [0, 0.1) is 0 Å². The minimum Gasteiger partial charge on any atom is -0.410 e. The molecule has 0 aliphatic rings. The molecule has 0 unspecified atom stereocenters. The van der Waals surface area contributed by atoms with Gasteiger partial charge in [0.15, 0.2) is 0 Å². The van der Waals surface area contributed by atoms with Crippen molar-refractivity contribution >= 4 is 22.0 Å². The Labute approximate surface area is 97.1 Å². The highest BCUT2D eigenvalue weighted by Gasteiger charge is 2.02. The average molecular weight is 273 g/mol. The van der Waals surface area contributed by atoms with E-state index in [9.17, 15) is 4.79 Å². The van der Waals surface area contributed by atoms with Crippen LogP contribution < -0.4 is 15.4 Å². The lowest BCUT2D eigenvalue weighted by Crippen LogP contribution is -2.32. The molecule has 0 heterocycles. The molecule has 1 aromatic rings. The van der Waals surface area contributed by atoms with Crippen molar-refractivity contribution in [2.45, 2.75) is 0 Å². The Hall–Kier alpha value is -1.07. The van der Waals surface area contributed by atoms with Gasteiger partial charge in [-0.15, -0.1) is 0 Å². The summed E-state index contributed by atoms with van der Waals surface area (Å²) in [5.74, 6) is 0.520. The molecule has 15 heavy (non-hydrogen) atoms. The van der Waals surface area contributed by atoms with E-state index in [1.165, 1.54) is 0 Å². The number of ether oxygens (including phenoxy) is 1. The van der Waals surface area contributed by atoms with E-state index in [1.54, 1.807) is 18.2 Å². The fraction of sp³-hybridized carbons (Fsp3) is 0.300. The Bertz CT molecular complexity index is 331. The van der Waals surface area contributed by atoms with Gasteiger partial charge in [-0.3, -0.25) is 0 Å². The van der Waals surface area contributed by atoms with Crippen molar-refractivity contribution in [1.82, 2.24) is 10.6 Å². The molecule has 82 valence electrons. The summed E-state index contributed by atoms with van der Waals surface area (Å²) in [4.78, 5) is 11.2. The second-order valence-electron chi connectivity index (χ2n) is 2.88. The first-order valence-electron chi connectivity index (χ1n) is 4.58. The zero-order valence-corrected chi connectivity index (χ0v) is 10.0. The zero-order chi connectivity index (χ0) is 11.1. The third kappa shape index (κ3) is 4.80. The molecule has 0 aromatic heterocycles. The number of carbonyl (C=O) groups excluding carboxylic acids is 1. The molecule has 1 rings (SSSR count). The molecule has 0 aliphatic heterocycles. The third-order valence-electron chi connectivity index (χ3n) is 1.65. The van der Waals surface area contributed by atoms with Gasteiger partial charge in [-0.05, 0) is 25.2 Å². The maximum Gasteiger partial charge on any atom is 0.412 e. The van der Waals surface area contributed by atoms with Gasteiger partial charge in [0.1, 0.15) is 5.75 Å². The van der Waals surface area contributed by atoms with E-state index in [0.717, 1.165) is 4.47 Å². The number of likely N-dealkylation sites (N-methyl/N-ethyl adjacent to an activating group) is 1. The third-order valence-corrected chi connectivity index (χ3v) is 2.14. The van der Waals surface area contributed by atoms with Gasteiger partial charge in [0.25, 0.3) is 0 Å². The largest absolute Gasteiger partial charge is 0.412 e. The highest BCUT2D eigenvalue weighted by atomic mass is 79.9.